The Bertz CT molecular complexity index is 409. The summed E-state index contributed by atoms with van der Waals surface area (Å²) >= 11 is 0. The number of aromatic amines is 1. The molecule has 5 nitrogen and oxygen atoms in total. The van der Waals surface area contributed by atoms with Gasteiger partial charge in [0, 0.05) is 0 Å². The lowest BCUT2D eigenvalue weighted by atomic mass is 10.4. The Kier molecular flexibility index (Phi) is 1.84. The highest BCUT2D eigenvalue weighted by Crippen LogP contribution is 2.19. The predicted octanol–water partition coefficient (Wildman–Crippen LogP) is 1.14. The number of nitrogens with one attached hydrogen (secondary N) is 1. The van der Waals surface area contributed by atoms with Crippen LogP contribution in [0.5, 0.6) is 5.88 Å². The smallest absolute Gasteiger partial charge is 0.228 e. The average molecular weight is 178 g/mol. The zero-order valence-corrected chi connectivity index (χ0v) is 7.48. The van der Waals surface area contributed by atoms with Gasteiger partial charge in [0.1, 0.15) is 11.7 Å². The van der Waals surface area contributed by atoms with Gasteiger partial charge in [-0.1, -0.05) is 0 Å². The van der Waals surface area contributed by atoms with Crippen molar-refractivity contribution in [2.45, 2.75) is 20.0 Å². The first-order valence-corrected chi connectivity index (χ1v) is 4.08. The third kappa shape index (κ3) is 1.44. The second kappa shape index (κ2) is 3.01. The van der Waals surface area contributed by atoms with Gasteiger partial charge >= 0.3 is 0 Å². The van der Waals surface area contributed by atoms with Crippen LogP contribution in [0.4, 0.5) is 0 Å². The second-order valence-corrected chi connectivity index (χ2v) is 2.98. The maximum Gasteiger partial charge on any atom is 0.228 e. The van der Waals surface area contributed by atoms with E-state index in [1.165, 1.54) is 6.33 Å². The van der Waals surface area contributed by atoms with E-state index in [0.29, 0.717) is 11.5 Å². The van der Waals surface area contributed by atoms with E-state index in [4.69, 9.17) is 4.74 Å². The van der Waals surface area contributed by atoms with Gasteiger partial charge in [-0.15, -0.1) is 0 Å². The van der Waals surface area contributed by atoms with Gasteiger partial charge in [0.05, 0.1) is 12.3 Å². The van der Waals surface area contributed by atoms with Crippen molar-refractivity contribution < 1.29 is 4.74 Å². The topological polar surface area (TPSA) is 63.7 Å². The molecule has 13 heavy (non-hydrogen) atoms. The molecule has 0 aliphatic carbocycles. The molecule has 2 rings (SSSR count). The lowest BCUT2D eigenvalue weighted by Gasteiger charge is -2.07. The Balaban J connectivity index is 2.48. The van der Waals surface area contributed by atoms with Gasteiger partial charge in [0.15, 0.2) is 5.65 Å². The van der Waals surface area contributed by atoms with Crippen molar-refractivity contribution >= 4 is 11.0 Å². The van der Waals surface area contributed by atoms with Crippen LogP contribution in [0.3, 0.4) is 0 Å². The summed E-state index contributed by atoms with van der Waals surface area (Å²) < 4.78 is 5.47. The van der Waals surface area contributed by atoms with Crippen molar-refractivity contribution in [3.8, 4) is 5.88 Å². The number of nitrogens with zero attached hydrogens (tertiary/aromatic N) is 3. The molecule has 0 amide bonds. The highest BCUT2D eigenvalue weighted by molar-refractivity contribution is 5.78. The van der Waals surface area contributed by atoms with Crippen LogP contribution in [-0.4, -0.2) is 26.3 Å². The minimum absolute atomic E-state index is 0.105. The van der Waals surface area contributed by atoms with Gasteiger partial charge in [-0.05, 0) is 13.8 Å². The molecule has 0 spiro atoms. The molecule has 0 fully saturated rings. The summed E-state index contributed by atoms with van der Waals surface area (Å²) in [7, 11) is 0. The van der Waals surface area contributed by atoms with Crippen molar-refractivity contribution in [1.82, 2.24) is 20.2 Å². The molecule has 0 aliphatic rings. The zero-order valence-electron chi connectivity index (χ0n) is 7.48. The molecule has 5 heteroatoms. The van der Waals surface area contributed by atoms with Crippen molar-refractivity contribution in [2.75, 3.05) is 0 Å². The number of H-pyrrole nitrogens is 1. The normalized spacial score (nSPS) is 11.0. The van der Waals surface area contributed by atoms with Crippen LogP contribution in [0.2, 0.25) is 0 Å². The largest absolute Gasteiger partial charge is 0.474 e. The van der Waals surface area contributed by atoms with E-state index in [2.05, 4.69) is 20.2 Å². The molecule has 0 unspecified atom stereocenters. The molecule has 0 saturated carbocycles. The summed E-state index contributed by atoms with van der Waals surface area (Å²) in [5.41, 5.74) is 0.700. The molecule has 68 valence electrons. The van der Waals surface area contributed by atoms with E-state index in [1.54, 1.807) is 6.20 Å². The molecule has 2 heterocycles. The van der Waals surface area contributed by atoms with Crippen LogP contribution in [0.25, 0.3) is 11.0 Å². The van der Waals surface area contributed by atoms with Crippen molar-refractivity contribution in [1.29, 1.82) is 0 Å². The van der Waals surface area contributed by atoms with Crippen molar-refractivity contribution in [3.05, 3.63) is 12.5 Å². The maximum absolute atomic E-state index is 5.47. The molecule has 0 atom stereocenters. The molecule has 0 aromatic carbocycles. The molecule has 0 bridgehead atoms. The molecule has 0 radical (unpaired) electrons. The Morgan fingerprint density at radius 3 is 3.00 bits per heavy atom. The summed E-state index contributed by atoms with van der Waals surface area (Å²) in [5.74, 6) is 0.578. The third-order valence-electron chi connectivity index (χ3n) is 1.56. The molecule has 2 aromatic heterocycles. The van der Waals surface area contributed by atoms with Gasteiger partial charge in [-0.2, -0.15) is 5.10 Å². The number of ether oxygens (including phenoxy) is 1. The van der Waals surface area contributed by atoms with Crippen LogP contribution >= 0.6 is 0 Å². The van der Waals surface area contributed by atoms with Gasteiger partial charge in [0.25, 0.3) is 0 Å². The summed E-state index contributed by atoms with van der Waals surface area (Å²) in [6.45, 7) is 3.90. The van der Waals surface area contributed by atoms with Crippen molar-refractivity contribution in [3.63, 3.8) is 0 Å². The van der Waals surface area contributed by atoms with Crippen LogP contribution in [-0.2, 0) is 0 Å². The number of fused-ring (bicyclic) bond motifs is 1. The predicted molar refractivity (Wildman–Crippen MR) is 47.4 cm³/mol. The van der Waals surface area contributed by atoms with Crippen LogP contribution < -0.4 is 4.74 Å². The monoisotopic (exact) mass is 178 g/mol. The van der Waals surface area contributed by atoms with E-state index < -0.39 is 0 Å². The van der Waals surface area contributed by atoms with Crippen molar-refractivity contribution in [2.24, 2.45) is 0 Å². The maximum atomic E-state index is 5.47. The minimum atomic E-state index is 0.105. The Morgan fingerprint density at radius 2 is 2.23 bits per heavy atom. The summed E-state index contributed by atoms with van der Waals surface area (Å²) in [6.07, 6.45) is 3.22. The van der Waals surface area contributed by atoms with Crippen LogP contribution in [0.1, 0.15) is 13.8 Å². The fourth-order valence-electron chi connectivity index (χ4n) is 1.06. The summed E-state index contributed by atoms with van der Waals surface area (Å²) in [5, 5.41) is 7.43. The number of aromatic nitrogens is 4. The highest BCUT2D eigenvalue weighted by Gasteiger charge is 2.07. The quantitative estimate of drug-likeness (QED) is 0.749. The Morgan fingerprint density at radius 1 is 1.38 bits per heavy atom. The number of hydrogen-bond donors (Lipinski definition) is 1. The van der Waals surface area contributed by atoms with E-state index in [1.807, 2.05) is 13.8 Å². The summed E-state index contributed by atoms with van der Waals surface area (Å²) in [4.78, 5) is 8.03. The minimum Gasteiger partial charge on any atom is -0.474 e. The van der Waals surface area contributed by atoms with E-state index in [9.17, 15) is 0 Å². The van der Waals surface area contributed by atoms with Crippen LogP contribution in [0, 0.1) is 0 Å². The number of rotatable bonds is 2. The fraction of sp³-hybridized carbons (Fsp3) is 0.375. The van der Waals surface area contributed by atoms with E-state index in [-0.39, 0.29) is 6.10 Å². The first-order valence-electron chi connectivity index (χ1n) is 4.08. The average Bonchev–Trinajstić information content (AvgIpc) is 2.51. The van der Waals surface area contributed by atoms with Crippen LogP contribution in [0.15, 0.2) is 12.5 Å². The standard InChI is InChI=1S/C8H10N4O/c1-5(2)13-8-6-3-11-12-7(6)9-4-10-8/h3-5H,1-2H3,(H,9,10,11,12). The molecular formula is C8H10N4O. The molecule has 1 N–H and O–H groups in total. The first-order chi connectivity index (χ1) is 6.27. The Hall–Kier alpha value is -1.65. The molecular weight excluding hydrogens is 168 g/mol. The van der Waals surface area contributed by atoms with E-state index >= 15 is 0 Å². The highest BCUT2D eigenvalue weighted by atomic mass is 16.5. The lowest BCUT2D eigenvalue weighted by molar-refractivity contribution is 0.235. The SMILES string of the molecule is CC(C)Oc1ncnc2[nH]ncc12. The van der Waals surface area contributed by atoms with Gasteiger partial charge in [-0.25, -0.2) is 9.97 Å². The molecule has 0 aliphatic heterocycles. The second-order valence-electron chi connectivity index (χ2n) is 2.98. The fourth-order valence-corrected chi connectivity index (χ4v) is 1.06. The Labute approximate surface area is 75.2 Å². The van der Waals surface area contributed by atoms with Gasteiger partial charge < -0.3 is 4.74 Å². The zero-order chi connectivity index (χ0) is 9.26. The van der Waals surface area contributed by atoms with Gasteiger partial charge in [0.2, 0.25) is 5.88 Å². The number of hydrogen-bond acceptors (Lipinski definition) is 4. The first kappa shape index (κ1) is 7.97. The molecule has 2 aromatic rings. The lowest BCUT2D eigenvalue weighted by Crippen LogP contribution is -2.07. The third-order valence-corrected chi connectivity index (χ3v) is 1.56. The summed E-state index contributed by atoms with van der Waals surface area (Å²) in [6, 6.07) is 0. The van der Waals surface area contributed by atoms with E-state index in [0.717, 1.165) is 5.39 Å². The van der Waals surface area contributed by atoms with Gasteiger partial charge in [-0.3, -0.25) is 5.10 Å². The molecule has 0 saturated heterocycles.